The Morgan fingerprint density at radius 3 is 3.07 bits per heavy atom. The van der Waals surface area contributed by atoms with Gasteiger partial charge in [0.1, 0.15) is 11.9 Å². The summed E-state index contributed by atoms with van der Waals surface area (Å²) in [5, 5.41) is 4.13. The molecule has 0 aromatic carbocycles. The first-order chi connectivity index (χ1) is 6.81. The van der Waals surface area contributed by atoms with E-state index in [1.54, 1.807) is 10.9 Å². The van der Waals surface area contributed by atoms with E-state index >= 15 is 0 Å². The zero-order valence-corrected chi connectivity index (χ0v) is 9.24. The van der Waals surface area contributed by atoms with Gasteiger partial charge in [0.2, 0.25) is 0 Å². The van der Waals surface area contributed by atoms with Gasteiger partial charge in [-0.05, 0) is 35.2 Å². The number of hydrogen-bond donors (Lipinski definition) is 0. The molecule has 14 heavy (non-hydrogen) atoms. The van der Waals surface area contributed by atoms with Crippen LogP contribution >= 0.6 is 15.9 Å². The molecule has 1 fully saturated rings. The van der Waals surface area contributed by atoms with Crippen LogP contribution in [-0.4, -0.2) is 22.7 Å². The van der Waals surface area contributed by atoms with Gasteiger partial charge in [-0.25, -0.2) is 4.68 Å². The van der Waals surface area contributed by atoms with Gasteiger partial charge < -0.3 is 4.74 Å². The monoisotopic (exact) mass is 258 g/mol. The van der Waals surface area contributed by atoms with E-state index in [2.05, 4.69) is 21.0 Å². The standard InChI is InChI=1S/C9H11BrN2O2/c10-7-5-12(11-8(7)6-13)9-3-1-2-4-14-9/h5-6,9H,1-4H2. The second-order valence-corrected chi connectivity index (χ2v) is 4.14. The van der Waals surface area contributed by atoms with Crippen molar-refractivity contribution in [3.05, 3.63) is 16.4 Å². The molecule has 0 saturated carbocycles. The molecule has 1 aliphatic rings. The number of ether oxygens (including phenoxy) is 1. The number of aldehydes is 1. The summed E-state index contributed by atoms with van der Waals surface area (Å²) < 4.78 is 7.98. The van der Waals surface area contributed by atoms with Gasteiger partial charge in [0.15, 0.2) is 6.29 Å². The van der Waals surface area contributed by atoms with Crippen LogP contribution in [0.25, 0.3) is 0 Å². The van der Waals surface area contributed by atoms with Crippen molar-refractivity contribution in [1.82, 2.24) is 9.78 Å². The number of rotatable bonds is 2. The molecule has 1 atom stereocenters. The highest BCUT2D eigenvalue weighted by Gasteiger charge is 2.17. The van der Waals surface area contributed by atoms with E-state index in [9.17, 15) is 4.79 Å². The van der Waals surface area contributed by atoms with Crippen LogP contribution in [0.1, 0.15) is 36.0 Å². The predicted octanol–water partition coefficient (Wildman–Crippen LogP) is 2.16. The first-order valence-corrected chi connectivity index (χ1v) is 5.42. The molecule has 0 bridgehead atoms. The van der Waals surface area contributed by atoms with Gasteiger partial charge in [-0.15, -0.1) is 0 Å². The minimum atomic E-state index is -0.00579. The van der Waals surface area contributed by atoms with Crippen LogP contribution < -0.4 is 0 Å². The SMILES string of the molecule is O=Cc1nn(C2CCCCO2)cc1Br. The lowest BCUT2D eigenvalue weighted by Gasteiger charge is -2.22. The number of carbonyl (C=O) groups is 1. The van der Waals surface area contributed by atoms with Crippen LogP contribution in [0, 0.1) is 0 Å². The van der Waals surface area contributed by atoms with E-state index in [0.29, 0.717) is 5.69 Å². The average molecular weight is 259 g/mol. The summed E-state index contributed by atoms with van der Waals surface area (Å²) in [4.78, 5) is 10.6. The maximum absolute atomic E-state index is 10.6. The highest BCUT2D eigenvalue weighted by molar-refractivity contribution is 9.10. The first kappa shape index (κ1) is 9.86. The predicted molar refractivity (Wildman–Crippen MR) is 54.2 cm³/mol. The number of halogens is 1. The second-order valence-electron chi connectivity index (χ2n) is 3.28. The maximum atomic E-state index is 10.6. The summed E-state index contributed by atoms with van der Waals surface area (Å²) in [5.74, 6) is 0. The zero-order valence-electron chi connectivity index (χ0n) is 7.65. The summed E-state index contributed by atoms with van der Waals surface area (Å²) in [7, 11) is 0. The van der Waals surface area contributed by atoms with E-state index in [0.717, 1.165) is 36.6 Å². The Morgan fingerprint density at radius 2 is 2.50 bits per heavy atom. The minimum absolute atomic E-state index is 0.00579. The highest BCUT2D eigenvalue weighted by Crippen LogP contribution is 2.24. The fraction of sp³-hybridized carbons (Fsp3) is 0.556. The van der Waals surface area contributed by atoms with Crippen molar-refractivity contribution in [2.45, 2.75) is 25.5 Å². The molecule has 1 unspecified atom stereocenters. The molecule has 1 saturated heterocycles. The molecule has 5 heteroatoms. The fourth-order valence-electron chi connectivity index (χ4n) is 1.54. The highest BCUT2D eigenvalue weighted by atomic mass is 79.9. The molecular weight excluding hydrogens is 248 g/mol. The zero-order chi connectivity index (χ0) is 9.97. The average Bonchev–Trinajstić information content (AvgIpc) is 2.61. The first-order valence-electron chi connectivity index (χ1n) is 4.62. The molecule has 1 aliphatic heterocycles. The number of carbonyl (C=O) groups excluding carboxylic acids is 1. The van der Waals surface area contributed by atoms with Gasteiger partial charge in [-0.2, -0.15) is 5.10 Å². The van der Waals surface area contributed by atoms with Crippen molar-refractivity contribution in [3.8, 4) is 0 Å². The van der Waals surface area contributed by atoms with Gasteiger partial charge in [-0.3, -0.25) is 4.79 Å². The van der Waals surface area contributed by atoms with Crippen LogP contribution in [0.15, 0.2) is 10.7 Å². The Hall–Kier alpha value is -0.680. The maximum Gasteiger partial charge on any atom is 0.171 e. The molecule has 0 aliphatic carbocycles. The van der Waals surface area contributed by atoms with Crippen LogP contribution in [0.3, 0.4) is 0 Å². The minimum Gasteiger partial charge on any atom is -0.357 e. The Balaban J connectivity index is 2.18. The number of aromatic nitrogens is 2. The van der Waals surface area contributed by atoms with E-state index < -0.39 is 0 Å². The summed E-state index contributed by atoms with van der Waals surface area (Å²) in [6.07, 6.45) is 5.75. The molecule has 4 nitrogen and oxygen atoms in total. The Morgan fingerprint density at radius 1 is 1.64 bits per heavy atom. The molecule has 0 amide bonds. The molecule has 1 aromatic heterocycles. The van der Waals surface area contributed by atoms with Crippen molar-refractivity contribution >= 4 is 22.2 Å². The smallest absolute Gasteiger partial charge is 0.171 e. The third kappa shape index (κ3) is 1.88. The molecule has 1 aromatic rings. The molecule has 0 N–H and O–H groups in total. The molecule has 0 spiro atoms. The summed E-state index contributed by atoms with van der Waals surface area (Å²) in [5.41, 5.74) is 0.430. The van der Waals surface area contributed by atoms with Crippen molar-refractivity contribution in [2.24, 2.45) is 0 Å². The summed E-state index contributed by atoms with van der Waals surface area (Å²) >= 11 is 3.27. The third-order valence-corrected chi connectivity index (χ3v) is 2.89. The fourth-order valence-corrected chi connectivity index (χ4v) is 1.93. The van der Waals surface area contributed by atoms with E-state index in [4.69, 9.17) is 4.74 Å². The quantitative estimate of drug-likeness (QED) is 0.764. The van der Waals surface area contributed by atoms with Crippen LogP contribution in [0.5, 0.6) is 0 Å². The topological polar surface area (TPSA) is 44.1 Å². The number of nitrogens with zero attached hydrogens (tertiary/aromatic N) is 2. The van der Waals surface area contributed by atoms with Crippen molar-refractivity contribution < 1.29 is 9.53 Å². The van der Waals surface area contributed by atoms with Crippen LogP contribution in [0.2, 0.25) is 0 Å². The van der Waals surface area contributed by atoms with Crippen LogP contribution in [0.4, 0.5) is 0 Å². The molecule has 0 radical (unpaired) electrons. The van der Waals surface area contributed by atoms with Gasteiger partial charge in [-0.1, -0.05) is 0 Å². The normalized spacial score (nSPS) is 22.2. The number of hydrogen-bond acceptors (Lipinski definition) is 3. The molecule has 76 valence electrons. The molecule has 2 heterocycles. The third-order valence-electron chi connectivity index (χ3n) is 2.28. The largest absolute Gasteiger partial charge is 0.357 e. The lowest BCUT2D eigenvalue weighted by atomic mass is 10.2. The lowest BCUT2D eigenvalue weighted by Crippen LogP contribution is -2.18. The van der Waals surface area contributed by atoms with Gasteiger partial charge in [0, 0.05) is 12.8 Å². The Labute approximate surface area is 90.4 Å². The van der Waals surface area contributed by atoms with Crippen molar-refractivity contribution in [1.29, 1.82) is 0 Å². The summed E-state index contributed by atoms with van der Waals surface area (Å²) in [6, 6.07) is 0. The summed E-state index contributed by atoms with van der Waals surface area (Å²) in [6.45, 7) is 0.776. The Bertz CT molecular complexity index is 332. The van der Waals surface area contributed by atoms with Gasteiger partial charge >= 0.3 is 0 Å². The van der Waals surface area contributed by atoms with E-state index in [1.807, 2.05) is 0 Å². The van der Waals surface area contributed by atoms with Crippen molar-refractivity contribution in [2.75, 3.05) is 6.61 Å². The van der Waals surface area contributed by atoms with E-state index in [-0.39, 0.29) is 6.23 Å². The van der Waals surface area contributed by atoms with Gasteiger partial charge in [0.25, 0.3) is 0 Å². The van der Waals surface area contributed by atoms with Gasteiger partial charge in [0.05, 0.1) is 4.47 Å². The Kier molecular flexibility index (Phi) is 2.98. The van der Waals surface area contributed by atoms with E-state index in [1.165, 1.54) is 0 Å². The second kappa shape index (κ2) is 4.23. The van der Waals surface area contributed by atoms with Crippen molar-refractivity contribution in [3.63, 3.8) is 0 Å². The molecular formula is C9H11BrN2O2. The molecule has 2 rings (SSSR count). The van der Waals surface area contributed by atoms with Crippen LogP contribution in [-0.2, 0) is 4.74 Å². The lowest BCUT2D eigenvalue weighted by molar-refractivity contribution is -0.0396.